The highest BCUT2D eigenvalue weighted by Gasteiger charge is 2.44. The molecule has 0 aliphatic carbocycles. The maximum Gasteiger partial charge on any atom is 0.410 e. The zero-order valence-corrected chi connectivity index (χ0v) is 9.06. The van der Waals surface area contributed by atoms with E-state index in [1.807, 2.05) is 0 Å². The number of amides is 1. The number of nitrogens with zero attached hydrogens (tertiary/aromatic N) is 2. The van der Waals surface area contributed by atoms with Gasteiger partial charge in [-0.3, -0.25) is 0 Å². The molecule has 4 nitrogen and oxygen atoms in total. The third kappa shape index (κ3) is 1.99. The van der Waals surface area contributed by atoms with Crippen molar-refractivity contribution >= 4 is 12.8 Å². The molecule has 2 fully saturated rings. The number of ether oxygens (including phenoxy) is 1. The summed E-state index contributed by atoms with van der Waals surface area (Å²) in [6, 6.07) is 0. The number of hydrogen-bond donors (Lipinski definition) is 0. The first-order valence-corrected chi connectivity index (χ1v) is 5.49. The second-order valence-corrected chi connectivity index (χ2v) is 4.48. The summed E-state index contributed by atoms with van der Waals surface area (Å²) in [4.78, 5) is 13.2. The fourth-order valence-corrected chi connectivity index (χ4v) is 2.75. The fourth-order valence-electron chi connectivity index (χ4n) is 2.75. The summed E-state index contributed by atoms with van der Waals surface area (Å²) in [6.45, 7) is 1.64. The van der Waals surface area contributed by atoms with Gasteiger partial charge in [-0.15, -0.1) is 6.42 Å². The molecule has 2 saturated heterocycles. The number of carbonyl (C=O) groups is 1. The van der Waals surface area contributed by atoms with Crippen LogP contribution in [-0.4, -0.2) is 37.4 Å². The maximum atomic E-state index is 11.5. The van der Waals surface area contributed by atoms with Gasteiger partial charge in [0.1, 0.15) is 0 Å². The number of terminal acetylenes is 1. The van der Waals surface area contributed by atoms with Crippen LogP contribution in [0, 0.1) is 35.4 Å². The van der Waals surface area contributed by atoms with E-state index in [9.17, 15) is 4.79 Å². The normalized spacial score (nSPS) is 27.1. The van der Waals surface area contributed by atoms with E-state index in [0.29, 0.717) is 24.9 Å². The fraction of sp³-hybridized carbons (Fsp3) is 0.636. The molecule has 0 aromatic carbocycles. The Morgan fingerprint density at radius 2 is 2.12 bits per heavy atom. The molecule has 2 unspecified atom stereocenters. The molecule has 82 valence electrons. The Kier molecular flexibility index (Phi) is 3.06. The molecule has 2 aliphatic heterocycles. The minimum Gasteiger partial charge on any atom is -0.436 e. The molecule has 1 amide bonds. The zero-order chi connectivity index (χ0) is 11.5. The zero-order valence-electron chi connectivity index (χ0n) is 9.06. The van der Waals surface area contributed by atoms with Gasteiger partial charge in [0.05, 0.1) is 0 Å². The van der Waals surface area contributed by atoms with E-state index < -0.39 is 0 Å². The van der Waals surface area contributed by atoms with E-state index in [-0.39, 0.29) is 19.4 Å². The average molecular weight is 216 g/mol. The summed E-state index contributed by atoms with van der Waals surface area (Å²) in [7, 11) is 0. The SMILES string of the molecule is C#CCOC(=O)N1CC2CB(C#N)CC2C1. The van der Waals surface area contributed by atoms with Crippen molar-refractivity contribution in [2.75, 3.05) is 19.7 Å². The highest BCUT2D eigenvalue weighted by atomic mass is 16.6. The van der Waals surface area contributed by atoms with E-state index in [0.717, 1.165) is 12.6 Å². The molecule has 0 aromatic rings. The van der Waals surface area contributed by atoms with Crippen LogP contribution in [0.25, 0.3) is 0 Å². The van der Waals surface area contributed by atoms with Gasteiger partial charge in [0.15, 0.2) is 6.61 Å². The van der Waals surface area contributed by atoms with Gasteiger partial charge in [-0.05, 0) is 11.8 Å². The van der Waals surface area contributed by atoms with Gasteiger partial charge in [-0.2, -0.15) is 0 Å². The molecule has 0 bridgehead atoms. The van der Waals surface area contributed by atoms with Gasteiger partial charge in [0.2, 0.25) is 0 Å². The topological polar surface area (TPSA) is 53.3 Å². The number of hydrogen-bond acceptors (Lipinski definition) is 3. The predicted molar refractivity (Wildman–Crippen MR) is 59.7 cm³/mol. The summed E-state index contributed by atoms with van der Waals surface area (Å²) in [6.07, 6.45) is 6.54. The summed E-state index contributed by atoms with van der Waals surface area (Å²) in [5, 5.41) is 8.84. The first-order valence-electron chi connectivity index (χ1n) is 5.49. The number of likely N-dealkylation sites (tertiary alicyclic amines) is 1. The lowest BCUT2D eigenvalue weighted by molar-refractivity contribution is 0.121. The summed E-state index contributed by atoms with van der Waals surface area (Å²) in [5.41, 5.74) is 0. The van der Waals surface area contributed by atoms with Crippen LogP contribution in [0.4, 0.5) is 4.79 Å². The minimum absolute atomic E-state index is 0.0332. The molecule has 0 aromatic heterocycles. The van der Waals surface area contributed by atoms with Crippen molar-refractivity contribution in [1.29, 1.82) is 5.26 Å². The van der Waals surface area contributed by atoms with Crippen molar-refractivity contribution in [2.45, 2.75) is 12.6 Å². The molecule has 0 spiro atoms. The molecule has 0 radical (unpaired) electrons. The van der Waals surface area contributed by atoms with Crippen molar-refractivity contribution in [3.05, 3.63) is 0 Å². The van der Waals surface area contributed by atoms with Crippen molar-refractivity contribution in [3.63, 3.8) is 0 Å². The first kappa shape index (κ1) is 10.9. The lowest BCUT2D eigenvalue weighted by atomic mass is 9.49. The lowest BCUT2D eigenvalue weighted by Gasteiger charge is -2.16. The standard InChI is InChI=1S/C11H13BN2O2/c1-2-3-16-11(15)14-6-9-4-12(8-13)5-10(9)7-14/h1,9-10H,3-7H2. The quantitative estimate of drug-likeness (QED) is 0.482. The van der Waals surface area contributed by atoms with Crippen molar-refractivity contribution in [3.8, 4) is 18.3 Å². The van der Waals surface area contributed by atoms with Gasteiger partial charge in [0.25, 0.3) is 6.71 Å². The molecular formula is C11H13BN2O2. The number of carbonyl (C=O) groups excluding carboxylic acids is 1. The molecule has 2 heterocycles. The Balaban J connectivity index is 1.85. The Bertz CT molecular complexity index is 357. The van der Waals surface area contributed by atoms with E-state index in [4.69, 9.17) is 16.4 Å². The van der Waals surface area contributed by atoms with Crippen molar-refractivity contribution < 1.29 is 9.53 Å². The Morgan fingerprint density at radius 3 is 2.62 bits per heavy atom. The first-order chi connectivity index (χ1) is 7.74. The van der Waals surface area contributed by atoms with E-state index in [1.54, 1.807) is 4.90 Å². The second-order valence-electron chi connectivity index (χ2n) is 4.48. The number of fused-ring (bicyclic) bond motifs is 1. The van der Waals surface area contributed by atoms with E-state index in [2.05, 4.69) is 11.9 Å². The third-order valence-electron chi connectivity index (χ3n) is 3.47. The van der Waals surface area contributed by atoms with Gasteiger partial charge < -0.3 is 9.64 Å². The smallest absolute Gasteiger partial charge is 0.410 e. The van der Waals surface area contributed by atoms with Crippen LogP contribution < -0.4 is 0 Å². The van der Waals surface area contributed by atoms with Crippen LogP contribution >= 0.6 is 0 Å². The van der Waals surface area contributed by atoms with Crippen molar-refractivity contribution in [2.24, 2.45) is 11.8 Å². The van der Waals surface area contributed by atoms with Gasteiger partial charge in [-0.25, -0.2) is 10.1 Å². The molecule has 2 aliphatic rings. The number of rotatable bonds is 1. The lowest BCUT2D eigenvalue weighted by Crippen LogP contribution is -2.31. The predicted octanol–water partition coefficient (Wildman–Crippen LogP) is 0.875. The largest absolute Gasteiger partial charge is 0.436 e. The highest BCUT2D eigenvalue weighted by molar-refractivity contribution is 6.67. The number of nitriles is 1. The molecule has 0 saturated carbocycles. The highest BCUT2D eigenvalue weighted by Crippen LogP contribution is 2.38. The van der Waals surface area contributed by atoms with Crippen LogP contribution in [0.1, 0.15) is 0 Å². The van der Waals surface area contributed by atoms with Gasteiger partial charge in [0, 0.05) is 19.1 Å². The molecule has 2 atom stereocenters. The molecule has 16 heavy (non-hydrogen) atoms. The summed E-state index contributed by atoms with van der Waals surface area (Å²) < 4.78 is 4.88. The van der Waals surface area contributed by atoms with Crippen LogP contribution in [0.3, 0.4) is 0 Å². The van der Waals surface area contributed by atoms with Gasteiger partial charge >= 0.3 is 6.09 Å². The Hall–Kier alpha value is -1.62. The third-order valence-corrected chi connectivity index (χ3v) is 3.47. The van der Waals surface area contributed by atoms with Crippen LogP contribution in [0.15, 0.2) is 0 Å². The maximum absolute atomic E-state index is 11.5. The minimum atomic E-state index is -0.319. The van der Waals surface area contributed by atoms with Crippen LogP contribution in [0.2, 0.25) is 12.6 Å². The Morgan fingerprint density at radius 1 is 1.50 bits per heavy atom. The van der Waals surface area contributed by atoms with Crippen molar-refractivity contribution in [1.82, 2.24) is 4.90 Å². The van der Waals surface area contributed by atoms with E-state index >= 15 is 0 Å². The molecule has 5 heteroatoms. The monoisotopic (exact) mass is 216 g/mol. The van der Waals surface area contributed by atoms with Gasteiger partial charge in [-0.1, -0.05) is 18.6 Å². The molecule has 0 N–H and O–H groups in total. The summed E-state index contributed by atoms with van der Waals surface area (Å²) >= 11 is 0. The Labute approximate surface area is 95.6 Å². The summed E-state index contributed by atoms with van der Waals surface area (Å²) in [5.74, 6) is 5.54. The molecule has 2 rings (SSSR count). The van der Waals surface area contributed by atoms with E-state index in [1.165, 1.54) is 0 Å². The average Bonchev–Trinajstić information content (AvgIpc) is 2.82. The second kappa shape index (κ2) is 4.49. The van der Waals surface area contributed by atoms with Crippen LogP contribution in [-0.2, 0) is 4.74 Å². The van der Waals surface area contributed by atoms with Crippen LogP contribution in [0.5, 0.6) is 0 Å². The molecular weight excluding hydrogens is 203 g/mol.